The zero-order valence-electron chi connectivity index (χ0n) is 12.2. The molecule has 2 nitrogen and oxygen atoms in total. The molecule has 1 amide bonds. The van der Waals surface area contributed by atoms with Crippen molar-refractivity contribution in [1.82, 2.24) is 5.32 Å². The fourth-order valence-electron chi connectivity index (χ4n) is 3.00. The Morgan fingerprint density at radius 2 is 1.90 bits per heavy atom. The molecule has 1 aliphatic rings. The average molecular weight is 338 g/mol. The molecule has 1 aliphatic carbocycles. The van der Waals surface area contributed by atoms with Crippen LogP contribution in [0.1, 0.15) is 51.0 Å². The third-order valence-electron chi connectivity index (χ3n) is 4.29. The molecule has 1 aromatic carbocycles. The van der Waals surface area contributed by atoms with E-state index in [-0.39, 0.29) is 11.4 Å². The maximum absolute atomic E-state index is 12.3. The van der Waals surface area contributed by atoms with Gasteiger partial charge in [-0.15, -0.1) is 0 Å². The number of hydrogen-bond acceptors (Lipinski definition) is 1. The maximum atomic E-state index is 12.3. The number of alkyl halides is 1. The third-order valence-corrected chi connectivity index (χ3v) is 5.41. The molecule has 1 unspecified atom stereocenters. The molecule has 1 aromatic rings. The van der Waals surface area contributed by atoms with Crippen molar-refractivity contribution < 1.29 is 4.79 Å². The number of benzene rings is 1. The first-order valence-corrected chi connectivity index (χ1v) is 8.69. The summed E-state index contributed by atoms with van der Waals surface area (Å²) in [5.74, 6) is 0.766. The van der Waals surface area contributed by atoms with Crippen molar-refractivity contribution in [2.24, 2.45) is 5.92 Å². The van der Waals surface area contributed by atoms with Crippen LogP contribution < -0.4 is 5.32 Å². The lowest BCUT2D eigenvalue weighted by molar-refractivity contribution is -0.123. The summed E-state index contributed by atoms with van der Waals surface area (Å²) in [6.45, 7) is 2.08. The lowest BCUT2D eigenvalue weighted by atomic mass is 9.86. The number of carbonyl (C=O) groups is 1. The minimum absolute atomic E-state index is 0.183. The van der Waals surface area contributed by atoms with Crippen molar-refractivity contribution in [3.05, 3.63) is 35.9 Å². The van der Waals surface area contributed by atoms with E-state index in [1.165, 1.54) is 32.1 Å². The normalized spacial score (nSPS) is 19.3. The van der Waals surface area contributed by atoms with Crippen LogP contribution in [0.4, 0.5) is 0 Å². The van der Waals surface area contributed by atoms with Crippen molar-refractivity contribution in [1.29, 1.82) is 0 Å². The molecule has 0 radical (unpaired) electrons. The fraction of sp³-hybridized carbons (Fsp3) is 0.588. The van der Waals surface area contributed by atoms with E-state index in [2.05, 4.69) is 40.3 Å². The Labute approximate surface area is 130 Å². The van der Waals surface area contributed by atoms with Crippen LogP contribution >= 0.6 is 15.9 Å². The smallest absolute Gasteiger partial charge is 0.220 e. The van der Waals surface area contributed by atoms with Gasteiger partial charge in [0.2, 0.25) is 5.91 Å². The van der Waals surface area contributed by atoms with Gasteiger partial charge in [0.05, 0.1) is 5.54 Å². The molecule has 1 fully saturated rings. The highest BCUT2D eigenvalue weighted by Crippen LogP contribution is 2.28. The van der Waals surface area contributed by atoms with Crippen LogP contribution in [0, 0.1) is 5.92 Å². The minimum Gasteiger partial charge on any atom is -0.346 e. The summed E-state index contributed by atoms with van der Waals surface area (Å²) in [6.07, 6.45) is 7.00. The molecular weight excluding hydrogens is 314 g/mol. The van der Waals surface area contributed by atoms with Gasteiger partial charge in [-0.2, -0.15) is 0 Å². The Morgan fingerprint density at radius 1 is 1.25 bits per heavy atom. The molecule has 0 aromatic heterocycles. The highest BCUT2D eigenvalue weighted by atomic mass is 79.9. The number of hydrogen-bond donors (Lipinski definition) is 1. The highest BCUT2D eigenvalue weighted by Gasteiger charge is 2.28. The first-order valence-electron chi connectivity index (χ1n) is 7.56. The Hall–Kier alpha value is -0.830. The van der Waals surface area contributed by atoms with E-state index in [9.17, 15) is 4.79 Å². The summed E-state index contributed by atoms with van der Waals surface area (Å²) in [5.41, 5.74) is 0.821. The molecule has 1 atom stereocenters. The van der Waals surface area contributed by atoms with Crippen LogP contribution in [0.5, 0.6) is 0 Å². The predicted octanol–water partition coefficient (Wildman–Crippen LogP) is 4.38. The van der Waals surface area contributed by atoms with E-state index < -0.39 is 0 Å². The summed E-state index contributed by atoms with van der Waals surface area (Å²) in [5, 5.41) is 3.94. The Kier molecular flexibility index (Phi) is 5.64. The maximum Gasteiger partial charge on any atom is 0.220 e. The fourth-order valence-corrected chi connectivity index (χ4v) is 3.46. The third kappa shape index (κ3) is 4.08. The monoisotopic (exact) mass is 337 g/mol. The molecule has 2 rings (SSSR count). The van der Waals surface area contributed by atoms with E-state index in [0.717, 1.165) is 10.9 Å². The molecule has 0 saturated heterocycles. The molecule has 20 heavy (non-hydrogen) atoms. The van der Waals surface area contributed by atoms with E-state index in [0.29, 0.717) is 12.3 Å². The second-order valence-corrected chi connectivity index (χ2v) is 6.65. The first kappa shape index (κ1) is 15.6. The molecule has 0 heterocycles. The topological polar surface area (TPSA) is 29.1 Å². The van der Waals surface area contributed by atoms with E-state index >= 15 is 0 Å². The second-order valence-electron chi connectivity index (χ2n) is 6.09. The van der Waals surface area contributed by atoms with Crippen molar-refractivity contribution in [3.8, 4) is 0 Å². The predicted molar refractivity (Wildman–Crippen MR) is 86.9 cm³/mol. The molecule has 1 N–H and O–H groups in total. The number of halogens is 1. The zero-order valence-corrected chi connectivity index (χ0v) is 13.8. The summed E-state index contributed by atoms with van der Waals surface area (Å²) in [7, 11) is 0. The van der Waals surface area contributed by atoms with Crippen LogP contribution in [0.2, 0.25) is 0 Å². The molecule has 1 saturated carbocycles. The quantitative estimate of drug-likeness (QED) is 0.793. The van der Waals surface area contributed by atoms with Crippen LogP contribution in [0.15, 0.2) is 30.3 Å². The second kappa shape index (κ2) is 7.26. The number of amides is 1. The van der Waals surface area contributed by atoms with Crippen LogP contribution in [0.3, 0.4) is 0 Å². The van der Waals surface area contributed by atoms with Crippen LogP contribution in [-0.2, 0) is 10.3 Å². The van der Waals surface area contributed by atoms with Crippen molar-refractivity contribution in [3.63, 3.8) is 0 Å². The Morgan fingerprint density at radius 3 is 2.50 bits per heavy atom. The van der Waals surface area contributed by atoms with Gasteiger partial charge in [0.1, 0.15) is 0 Å². The zero-order chi connectivity index (χ0) is 14.4. The Bertz CT molecular complexity index is 428. The van der Waals surface area contributed by atoms with Crippen molar-refractivity contribution in [2.75, 3.05) is 5.33 Å². The van der Waals surface area contributed by atoms with Gasteiger partial charge in [-0.1, -0.05) is 65.5 Å². The van der Waals surface area contributed by atoms with Gasteiger partial charge in [-0.25, -0.2) is 0 Å². The van der Waals surface area contributed by atoms with Gasteiger partial charge >= 0.3 is 0 Å². The van der Waals surface area contributed by atoms with E-state index in [4.69, 9.17) is 0 Å². The standard InChI is InChI=1S/C17H24BrNO/c1-17(13-18,15-10-6-3-7-11-15)19-16(20)12-14-8-4-2-5-9-14/h3,6-7,10-11,14H,2,4-5,8-9,12-13H2,1H3,(H,19,20). The summed E-state index contributed by atoms with van der Waals surface area (Å²) < 4.78 is 0. The molecule has 0 spiro atoms. The Balaban J connectivity index is 1.96. The average Bonchev–Trinajstić information content (AvgIpc) is 2.49. The van der Waals surface area contributed by atoms with E-state index in [1.807, 2.05) is 18.2 Å². The van der Waals surface area contributed by atoms with Crippen LogP contribution in [0.25, 0.3) is 0 Å². The lowest BCUT2D eigenvalue weighted by Gasteiger charge is -2.31. The van der Waals surface area contributed by atoms with Gasteiger partial charge in [0, 0.05) is 11.8 Å². The highest BCUT2D eigenvalue weighted by molar-refractivity contribution is 9.09. The first-order chi connectivity index (χ1) is 9.64. The van der Waals surface area contributed by atoms with E-state index in [1.54, 1.807) is 0 Å². The van der Waals surface area contributed by atoms with Gasteiger partial charge < -0.3 is 5.32 Å². The molecule has 0 aliphatic heterocycles. The largest absolute Gasteiger partial charge is 0.346 e. The minimum atomic E-state index is -0.326. The van der Waals surface area contributed by atoms with Gasteiger partial charge in [0.15, 0.2) is 0 Å². The van der Waals surface area contributed by atoms with Gasteiger partial charge in [-0.3, -0.25) is 4.79 Å². The van der Waals surface area contributed by atoms with Crippen molar-refractivity contribution in [2.45, 2.75) is 51.0 Å². The SMILES string of the molecule is CC(CBr)(NC(=O)CC1CCCCC1)c1ccccc1. The molecule has 110 valence electrons. The molecule has 0 bridgehead atoms. The van der Waals surface area contributed by atoms with Gasteiger partial charge in [0.25, 0.3) is 0 Å². The summed E-state index contributed by atoms with van der Waals surface area (Å²) >= 11 is 3.55. The van der Waals surface area contributed by atoms with Crippen LogP contribution in [-0.4, -0.2) is 11.2 Å². The molecular formula is C17H24BrNO. The summed E-state index contributed by atoms with van der Waals surface area (Å²) in [6, 6.07) is 10.2. The number of carbonyl (C=O) groups excluding carboxylic acids is 1. The lowest BCUT2D eigenvalue weighted by Crippen LogP contribution is -2.45. The van der Waals surface area contributed by atoms with Crippen molar-refractivity contribution >= 4 is 21.8 Å². The van der Waals surface area contributed by atoms with Gasteiger partial charge in [-0.05, 0) is 31.2 Å². The number of rotatable bonds is 5. The number of nitrogens with one attached hydrogen (secondary N) is 1. The summed E-state index contributed by atoms with van der Waals surface area (Å²) in [4.78, 5) is 12.3. The molecule has 3 heteroatoms.